The first kappa shape index (κ1) is 14.5. The summed E-state index contributed by atoms with van der Waals surface area (Å²) in [5, 5.41) is 3.47. The molecule has 2 unspecified atom stereocenters. The summed E-state index contributed by atoms with van der Waals surface area (Å²) in [5.74, 6) is 0.767. The third kappa shape index (κ3) is 4.05. The molecule has 0 bridgehead atoms. The van der Waals surface area contributed by atoms with Crippen LogP contribution in [0.4, 0.5) is 0 Å². The largest absolute Gasteiger partial charge is 0.377 e. The Kier molecular flexibility index (Phi) is 5.00. The van der Waals surface area contributed by atoms with E-state index in [1.54, 1.807) is 0 Å². The lowest BCUT2D eigenvalue weighted by molar-refractivity contribution is 0.0211. The molecular formula is C17H27NO. The van der Waals surface area contributed by atoms with Gasteiger partial charge in [0.05, 0.1) is 6.10 Å². The minimum absolute atomic E-state index is 0.371. The van der Waals surface area contributed by atoms with E-state index in [0.717, 1.165) is 18.9 Å². The van der Waals surface area contributed by atoms with E-state index in [4.69, 9.17) is 4.74 Å². The van der Waals surface area contributed by atoms with Crippen LogP contribution in [0.3, 0.4) is 0 Å². The molecule has 1 fully saturated rings. The van der Waals surface area contributed by atoms with E-state index in [-0.39, 0.29) is 0 Å². The molecule has 0 radical (unpaired) electrons. The molecule has 1 aliphatic carbocycles. The molecule has 1 aromatic carbocycles. The topological polar surface area (TPSA) is 21.3 Å². The van der Waals surface area contributed by atoms with E-state index in [9.17, 15) is 0 Å². The fraction of sp³-hybridized carbons (Fsp3) is 0.647. The first-order chi connectivity index (χ1) is 9.13. The Morgan fingerprint density at radius 1 is 1.21 bits per heavy atom. The van der Waals surface area contributed by atoms with Gasteiger partial charge in [-0.1, -0.05) is 29.3 Å². The Morgan fingerprint density at radius 2 is 1.84 bits per heavy atom. The number of nitrogens with one attached hydrogen (secondary N) is 1. The molecule has 1 N–H and O–H groups in total. The van der Waals surface area contributed by atoms with E-state index < -0.39 is 0 Å². The number of hydrogen-bond acceptors (Lipinski definition) is 2. The number of likely N-dealkylation sites (N-methyl/N-ethyl adjacent to an activating group) is 1. The van der Waals surface area contributed by atoms with Gasteiger partial charge >= 0.3 is 0 Å². The first-order valence-corrected chi connectivity index (χ1v) is 7.50. The normalized spacial score (nSPS) is 18.3. The van der Waals surface area contributed by atoms with Crippen LogP contribution < -0.4 is 5.32 Å². The van der Waals surface area contributed by atoms with Crippen molar-refractivity contribution in [2.45, 2.75) is 52.2 Å². The van der Waals surface area contributed by atoms with Crippen molar-refractivity contribution in [1.29, 1.82) is 0 Å². The molecule has 2 heteroatoms. The second-order valence-electron chi connectivity index (χ2n) is 5.85. The van der Waals surface area contributed by atoms with E-state index in [2.05, 4.69) is 51.3 Å². The van der Waals surface area contributed by atoms with Crippen LogP contribution in [0.1, 0.15) is 36.5 Å². The van der Waals surface area contributed by atoms with E-state index in [1.807, 2.05) is 0 Å². The third-order valence-corrected chi connectivity index (χ3v) is 3.95. The molecular weight excluding hydrogens is 234 g/mol. The maximum atomic E-state index is 5.99. The smallest absolute Gasteiger partial charge is 0.0759 e. The van der Waals surface area contributed by atoms with Crippen LogP contribution in [0.2, 0.25) is 0 Å². The van der Waals surface area contributed by atoms with Gasteiger partial charge in [-0.25, -0.2) is 0 Å². The minimum atomic E-state index is 0.371. The molecule has 0 saturated heterocycles. The summed E-state index contributed by atoms with van der Waals surface area (Å²) in [4.78, 5) is 0. The van der Waals surface area contributed by atoms with Crippen LogP contribution in [0.15, 0.2) is 18.2 Å². The lowest BCUT2D eigenvalue weighted by Crippen LogP contribution is -2.42. The zero-order chi connectivity index (χ0) is 13.8. The van der Waals surface area contributed by atoms with Gasteiger partial charge < -0.3 is 10.1 Å². The van der Waals surface area contributed by atoms with E-state index >= 15 is 0 Å². The Hall–Kier alpha value is -0.860. The Balaban J connectivity index is 2.08. The average molecular weight is 261 g/mol. The number of aryl methyl sites for hydroxylation is 2. The number of rotatable bonds is 7. The Bertz CT molecular complexity index is 391. The third-order valence-electron chi connectivity index (χ3n) is 3.95. The number of hydrogen-bond donors (Lipinski definition) is 1. The van der Waals surface area contributed by atoms with Crippen molar-refractivity contribution < 1.29 is 4.74 Å². The molecule has 0 spiro atoms. The zero-order valence-electron chi connectivity index (χ0n) is 12.7. The fourth-order valence-corrected chi connectivity index (χ4v) is 3.02. The Morgan fingerprint density at radius 3 is 2.32 bits per heavy atom. The lowest BCUT2D eigenvalue weighted by atomic mass is 9.96. The highest BCUT2D eigenvalue weighted by Crippen LogP contribution is 2.36. The second kappa shape index (κ2) is 6.53. The average Bonchev–Trinajstić information content (AvgIpc) is 3.16. The van der Waals surface area contributed by atoms with Crippen molar-refractivity contribution in [2.75, 3.05) is 13.7 Å². The van der Waals surface area contributed by atoms with Crippen LogP contribution in [-0.2, 0) is 11.2 Å². The van der Waals surface area contributed by atoms with Gasteiger partial charge in [0.1, 0.15) is 0 Å². The second-order valence-corrected chi connectivity index (χ2v) is 5.85. The summed E-state index contributed by atoms with van der Waals surface area (Å²) >= 11 is 0. The van der Waals surface area contributed by atoms with Crippen molar-refractivity contribution in [1.82, 2.24) is 5.32 Å². The molecule has 2 rings (SSSR count). The summed E-state index contributed by atoms with van der Waals surface area (Å²) in [6.07, 6.45) is 4.08. The van der Waals surface area contributed by atoms with Crippen molar-refractivity contribution in [3.8, 4) is 0 Å². The van der Waals surface area contributed by atoms with Gasteiger partial charge in [0.2, 0.25) is 0 Å². The van der Waals surface area contributed by atoms with Crippen molar-refractivity contribution >= 4 is 0 Å². The maximum absolute atomic E-state index is 5.99. The van der Waals surface area contributed by atoms with Gasteiger partial charge in [0.25, 0.3) is 0 Å². The van der Waals surface area contributed by atoms with Crippen LogP contribution in [0.5, 0.6) is 0 Å². The predicted octanol–water partition coefficient (Wildman–Crippen LogP) is 3.25. The first-order valence-electron chi connectivity index (χ1n) is 7.50. The van der Waals surface area contributed by atoms with Crippen molar-refractivity contribution in [3.05, 3.63) is 34.9 Å². The summed E-state index contributed by atoms with van der Waals surface area (Å²) in [6.45, 7) is 7.25. The van der Waals surface area contributed by atoms with E-state index in [0.29, 0.717) is 12.1 Å². The quantitative estimate of drug-likeness (QED) is 0.813. The van der Waals surface area contributed by atoms with Crippen LogP contribution >= 0.6 is 0 Å². The summed E-state index contributed by atoms with van der Waals surface area (Å²) < 4.78 is 5.99. The van der Waals surface area contributed by atoms with Gasteiger partial charge in [-0.3, -0.25) is 0 Å². The lowest BCUT2D eigenvalue weighted by Gasteiger charge is -2.27. The van der Waals surface area contributed by atoms with Crippen LogP contribution in [0, 0.1) is 19.8 Å². The van der Waals surface area contributed by atoms with Crippen LogP contribution in [0.25, 0.3) is 0 Å². The van der Waals surface area contributed by atoms with Crippen molar-refractivity contribution in [2.24, 2.45) is 5.92 Å². The van der Waals surface area contributed by atoms with E-state index in [1.165, 1.54) is 29.5 Å². The SMILES string of the molecule is CCOC(C1CC1)C(Cc1cc(C)cc(C)c1)NC. The highest BCUT2D eigenvalue weighted by atomic mass is 16.5. The number of ether oxygens (including phenoxy) is 1. The zero-order valence-corrected chi connectivity index (χ0v) is 12.7. The van der Waals surface area contributed by atoms with Gasteiger partial charge in [-0.2, -0.15) is 0 Å². The van der Waals surface area contributed by atoms with Crippen LogP contribution in [-0.4, -0.2) is 25.8 Å². The predicted molar refractivity (Wildman–Crippen MR) is 80.6 cm³/mol. The van der Waals surface area contributed by atoms with Gasteiger partial charge in [0.15, 0.2) is 0 Å². The molecule has 0 heterocycles. The number of benzene rings is 1. The maximum Gasteiger partial charge on any atom is 0.0759 e. The van der Waals surface area contributed by atoms with Gasteiger partial charge in [-0.05, 0) is 58.6 Å². The molecule has 0 aliphatic heterocycles. The summed E-state index contributed by atoms with van der Waals surface area (Å²) in [7, 11) is 2.06. The molecule has 19 heavy (non-hydrogen) atoms. The fourth-order valence-electron chi connectivity index (χ4n) is 3.02. The standard InChI is InChI=1S/C17H27NO/c1-5-19-17(15-6-7-15)16(18-4)11-14-9-12(2)8-13(3)10-14/h8-10,15-18H,5-7,11H2,1-4H3. The molecule has 106 valence electrons. The molecule has 1 saturated carbocycles. The van der Waals surface area contributed by atoms with Crippen molar-refractivity contribution in [3.63, 3.8) is 0 Å². The molecule has 1 aliphatic rings. The minimum Gasteiger partial charge on any atom is -0.377 e. The molecule has 0 aromatic heterocycles. The summed E-state index contributed by atoms with van der Waals surface area (Å²) in [5.41, 5.74) is 4.12. The molecule has 2 atom stereocenters. The molecule has 2 nitrogen and oxygen atoms in total. The van der Waals surface area contributed by atoms with Gasteiger partial charge in [0, 0.05) is 12.6 Å². The monoisotopic (exact) mass is 261 g/mol. The van der Waals surface area contributed by atoms with Gasteiger partial charge in [-0.15, -0.1) is 0 Å². The highest BCUT2D eigenvalue weighted by Gasteiger charge is 2.36. The Labute approximate surface area is 117 Å². The molecule has 0 amide bonds. The summed E-state index contributed by atoms with van der Waals surface area (Å²) in [6, 6.07) is 7.26. The molecule has 1 aromatic rings. The highest BCUT2D eigenvalue weighted by molar-refractivity contribution is 5.29.